The summed E-state index contributed by atoms with van der Waals surface area (Å²) in [4.78, 5) is 11.1. The van der Waals surface area contributed by atoms with Crippen molar-refractivity contribution in [3.8, 4) is 11.5 Å². The van der Waals surface area contributed by atoms with Gasteiger partial charge in [-0.1, -0.05) is 31.5 Å². The lowest BCUT2D eigenvalue weighted by Crippen LogP contribution is -2.03. The molecular formula is C17H17FO3. The average Bonchev–Trinajstić information content (AvgIpc) is 2.46. The summed E-state index contributed by atoms with van der Waals surface area (Å²) in [7, 11) is 0. The van der Waals surface area contributed by atoms with E-state index in [1.807, 2.05) is 12.1 Å². The van der Waals surface area contributed by atoms with Gasteiger partial charge in [-0.25, -0.2) is 9.18 Å². The second-order valence-electron chi connectivity index (χ2n) is 4.77. The van der Waals surface area contributed by atoms with E-state index >= 15 is 0 Å². The molecule has 21 heavy (non-hydrogen) atoms. The second-order valence-corrected chi connectivity index (χ2v) is 4.77. The number of hydrogen-bond donors (Lipinski definition) is 1. The highest BCUT2D eigenvalue weighted by Gasteiger charge is 2.17. The minimum atomic E-state index is -1.34. The first-order valence-corrected chi connectivity index (χ1v) is 6.90. The lowest BCUT2D eigenvalue weighted by molar-refractivity contribution is 0.0689. The average molecular weight is 288 g/mol. The second kappa shape index (κ2) is 6.88. The standard InChI is InChI=1S/C17H17FO3/c1-2-3-5-12-8-10-13(11-9-12)21-15-7-4-6-14(18)16(15)17(19)20/h4,6-11H,2-3,5H2,1H3,(H,19,20). The summed E-state index contributed by atoms with van der Waals surface area (Å²) in [6.45, 7) is 2.13. The molecule has 1 N–H and O–H groups in total. The zero-order chi connectivity index (χ0) is 15.2. The number of halogens is 1. The van der Waals surface area contributed by atoms with E-state index < -0.39 is 17.3 Å². The summed E-state index contributed by atoms with van der Waals surface area (Å²) in [5.74, 6) is -1.66. The van der Waals surface area contributed by atoms with Gasteiger partial charge in [0.2, 0.25) is 0 Å². The predicted octanol–water partition coefficient (Wildman–Crippen LogP) is 4.66. The van der Waals surface area contributed by atoms with E-state index in [0.29, 0.717) is 5.75 Å². The number of unbranched alkanes of at least 4 members (excludes halogenated alkanes) is 1. The molecule has 0 unspecified atom stereocenters. The molecule has 0 atom stereocenters. The minimum absolute atomic E-state index is 0.00353. The first-order valence-electron chi connectivity index (χ1n) is 6.90. The molecule has 0 aliphatic heterocycles. The van der Waals surface area contributed by atoms with Crippen LogP contribution in [0.15, 0.2) is 42.5 Å². The molecule has 2 rings (SSSR count). The van der Waals surface area contributed by atoms with Crippen LogP contribution >= 0.6 is 0 Å². The van der Waals surface area contributed by atoms with Crippen LogP contribution in [0.1, 0.15) is 35.7 Å². The number of ether oxygens (including phenoxy) is 1. The van der Waals surface area contributed by atoms with Crippen molar-refractivity contribution in [2.24, 2.45) is 0 Å². The largest absolute Gasteiger partial charge is 0.477 e. The van der Waals surface area contributed by atoms with E-state index in [1.54, 1.807) is 12.1 Å². The van der Waals surface area contributed by atoms with Crippen molar-refractivity contribution >= 4 is 5.97 Å². The van der Waals surface area contributed by atoms with Crippen molar-refractivity contribution in [1.29, 1.82) is 0 Å². The lowest BCUT2D eigenvalue weighted by Gasteiger charge is -2.10. The number of carbonyl (C=O) groups is 1. The fourth-order valence-electron chi connectivity index (χ4n) is 2.03. The maximum absolute atomic E-state index is 13.5. The van der Waals surface area contributed by atoms with Gasteiger partial charge in [0.25, 0.3) is 0 Å². The van der Waals surface area contributed by atoms with Crippen LogP contribution in [0, 0.1) is 5.82 Å². The maximum atomic E-state index is 13.5. The molecule has 0 aromatic heterocycles. The molecule has 0 aliphatic rings. The van der Waals surface area contributed by atoms with Crippen molar-refractivity contribution in [1.82, 2.24) is 0 Å². The molecular weight excluding hydrogens is 271 g/mol. The van der Waals surface area contributed by atoms with Crippen molar-refractivity contribution in [3.63, 3.8) is 0 Å². The molecule has 0 heterocycles. The van der Waals surface area contributed by atoms with Gasteiger partial charge in [0.1, 0.15) is 22.9 Å². The Kier molecular flexibility index (Phi) is 4.93. The topological polar surface area (TPSA) is 46.5 Å². The number of carboxylic acids is 1. The Bertz CT molecular complexity index is 620. The molecule has 0 spiro atoms. The van der Waals surface area contributed by atoms with Crippen LogP contribution in [0.2, 0.25) is 0 Å². The first kappa shape index (κ1) is 15.0. The number of hydrogen-bond acceptors (Lipinski definition) is 2. The molecule has 0 amide bonds. The number of benzene rings is 2. The third-order valence-electron chi connectivity index (χ3n) is 3.16. The van der Waals surface area contributed by atoms with Crippen LogP contribution in [0.5, 0.6) is 11.5 Å². The van der Waals surface area contributed by atoms with E-state index in [1.165, 1.54) is 17.7 Å². The van der Waals surface area contributed by atoms with E-state index in [0.717, 1.165) is 25.3 Å². The Morgan fingerprint density at radius 3 is 2.52 bits per heavy atom. The van der Waals surface area contributed by atoms with Gasteiger partial charge in [-0.05, 0) is 42.7 Å². The van der Waals surface area contributed by atoms with Gasteiger partial charge in [-0.2, -0.15) is 0 Å². The molecule has 0 aliphatic carbocycles. The van der Waals surface area contributed by atoms with Crippen LogP contribution in [-0.4, -0.2) is 11.1 Å². The van der Waals surface area contributed by atoms with Crippen LogP contribution in [0.3, 0.4) is 0 Å². The lowest BCUT2D eigenvalue weighted by atomic mass is 10.1. The fraction of sp³-hybridized carbons (Fsp3) is 0.235. The molecule has 0 radical (unpaired) electrons. The Morgan fingerprint density at radius 2 is 1.90 bits per heavy atom. The first-order chi connectivity index (χ1) is 10.1. The number of carboxylic acid groups (broad SMARTS) is 1. The molecule has 0 saturated carbocycles. The van der Waals surface area contributed by atoms with Gasteiger partial charge in [0.15, 0.2) is 0 Å². The molecule has 2 aromatic rings. The monoisotopic (exact) mass is 288 g/mol. The van der Waals surface area contributed by atoms with Crippen LogP contribution in [-0.2, 0) is 6.42 Å². The molecule has 0 fully saturated rings. The summed E-state index contributed by atoms with van der Waals surface area (Å²) >= 11 is 0. The highest BCUT2D eigenvalue weighted by atomic mass is 19.1. The SMILES string of the molecule is CCCCc1ccc(Oc2cccc(F)c2C(=O)O)cc1. The summed E-state index contributed by atoms with van der Waals surface area (Å²) in [5, 5.41) is 9.05. The van der Waals surface area contributed by atoms with E-state index in [9.17, 15) is 9.18 Å². The van der Waals surface area contributed by atoms with Gasteiger partial charge in [-0.15, -0.1) is 0 Å². The van der Waals surface area contributed by atoms with Gasteiger partial charge >= 0.3 is 5.97 Å². The van der Waals surface area contributed by atoms with Gasteiger partial charge in [0.05, 0.1) is 0 Å². The van der Waals surface area contributed by atoms with Crippen LogP contribution in [0.4, 0.5) is 4.39 Å². The van der Waals surface area contributed by atoms with Crippen LogP contribution < -0.4 is 4.74 Å². The van der Waals surface area contributed by atoms with Gasteiger partial charge < -0.3 is 9.84 Å². The highest BCUT2D eigenvalue weighted by Crippen LogP contribution is 2.27. The highest BCUT2D eigenvalue weighted by molar-refractivity contribution is 5.91. The zero-order valence-electron chi connectivity index (χ0n) is 11.8. The molecule has 110 valence electrons. The molecule has 2 aromatic carbocycles. The Morgan fingerprint density at radius 1 is 1.19 bits per heavy atom. The fourth-order valence-corrected chi connectivity index (χ4v) is 2.03. The number of aromatic carboxylic acids is 1. The molecule has 0 saturated heterocycles. The predicted molar refractivity (Wildman–Crippen MR) is 78.5 cm³/mol. The van der Waals surface area contributed by atoms with Crippen molar-refractivity contribution in [3.05, 3.63) is 59.4 Å². The Hall–Kier alpha value is -2.36. The quantitative estimate of drug-likeness (QED) is 0.841. The summed E-state index contributed by atoms with van der Waals surface area (Å²) in [6.07, 6.45) is 3.24. The van der Waals surface area contributed by atoms with Crippen molar-refractivity contribution < 1.29 is 19.0 Å². The third-order valence-corrected chi connectivity index (χ3v) is 3.16. The van der Waals surface area contributed by atoms with Crippen molar-refractivity contribution in [2.45, 2.75) is 26.2 Å². The maximum Gasteiger partial charge on any atom is 0.342 e. The van der Waals surface area contributed by atoms with E-state index in [-0.39, 0.29) is 5.75 Å². The Balaban J connectivity index is 2.19. The molecule has 3 nitrogen and oxygen atoms in total. The van der Waals surface area contributed by atoms with E-state index in [4.69, 9.17) is 9.84 Å². The smallest absolute Gasteiger partial charge is 0.342 e. The van der Waals surface area contributed by atoms with E-state index in [2.05, 4.69) is 6.92 Å². The summed E-state index contributed by atoms with van der Waals surface area (Å²) < 4.78 is 19.0. The Labute approximate surface area is 123 Å². The number of aryl methyl sites for hydroxylation is 1. The summed E-state index contributed by atoms with van der Waals surface area (Å²) in [6, 6.07) is 11.4. The minimum Gasteiger partial charge on any atom is -0.477 e. The zero-order valence-corrected chi connectivity index (χ0v) is 11.8. The molecule has 0 bridgehead atoms. The van der Waals surface area contributed by atoms with Gasteiger partial charge in [0, 0.05) is 0 Å². The third kappa shape index (κ3) is 3.81. The summed E-state index contributed by atoms with van der Waals surface area (Å²) in [5.41, 5.74) is 0.745. The van der Waals surface area contributed by atoms with Gasteiger partial charge in [-0.3, -0.25) is 0 Å². The number of rotatable bonds is 6. The van der Waals surface area contributed by atoms with Crippen molar-refractivity contribution in [2.75, 3.05) is 0 Å². The normalized spacial score (nSPS) is 10.4. The molecule has 4 heteroatoms. The van der Waals surface area contributed by atoms with Crippen LogP contribution in [0.25, 0.3) is 0 Å².